The van der Waals surface area contributed by atoms with Gasteiger partial charge in [0.25, 0.3) is 0 Å². The van der Waals surface area contributed by atoms with Crippen molar-refractivity contribution in [2.75, 3.05) is 20.2 Å². The van der Waals surface area contributed by atoms with Gasteiger partial charge >= 0.3 is 5.97 Å². The molecule has 4 heteroatoms. The molecular formula is C16H23NO3. The van der Waals surface area contributed by atoms with E-state index in [1.54, 1.807) is 4.90 Å². The van der Waals surface area contributed by atoms with Crippen LogP contribution in [0.1, 0.15) is 31.7 Å². The molecule has 0 radical (unpaired) electrons. The highest BCUT2D eigenvalue weighted by atomic mass is 16.5. The minimum Gasteiger partial charge on any atom is -0.469 e. The Morgan fingerprint density at radius 1 is 1.15 bits per heavy atom. The zero-order valence-corrected chi connectivity index (χ0v) is 12.3. The Labute approximate surface area is 120 Å². The van der Waals surface area contributed by atoms with Crippen LogP contribution in [-0.2, 0) is 20.7 Å². The molecule has 0 bridgehead atoms. The number of esters is 1. The van der Waals surface area contributed by atoms with Gasteiger partial charge in [-0.1, -0.05) is 43.7 Å². The summed E-state index contributed by atoms with van der Waals surface area (Å²) in [4.78, 5) is 25.3. The number of methoxy groups -OCH3 is 1. The van der Waals surface area contributed by atoms with Gasteiger partial charge in [-0.3, -0.25) is 9.59 Å². The van der Waals surface area contributed by atoms with Gasteiger partial charge in [-0.2, -0.15) is 0 Å². The van der Waals surface area contributed by atoms with Gasteiger partial charge in [0.1, 0.15) is 0 Å². The van der Waals surface area contributed by atoms with Gasteiger partial charge < -0.3 is 9.64 Å². The fourth-order valence-electron chi connectivity index (χ4n) is 1.92. The van der Waals surface area contributed by atoms with E-state index in [0.717, 1.165) is 18.4 Å². The highest BCUT2D eigenvalue weighted by molar-refractivity contribution is 5.79. The fraction of sp³-hybridized carbons (Fsp3) is 0.500. The number of ether oxygens (including phenoxy) is 1. The van der Waals surface area contributed by atoms with Gasteiger partial charge in [-0.05, 0) is 12.0 Å². The van der Waals surface area contributed by atoms with Crippen LogP contribution in [0.4, 0.5) is 0 Å². The quantitative estimate of drug-likeness (QED) is 0.686. The standard InChI is InChI=1S/C16H23NO3/c1-3-4-11-17(12-10-16(19)20-2)15(18)13-14-8-6-5-7-9-14/h5-9H,3-4,10-13H2,1-2H3. The largest absolute Gasteiger partial charge is 0.469 e. The zero-order chi connectivity index (χ0) is 14.8. The molecule has 20 heavy (non-hydrogen) atoms. The van der Waals surface area contributed by atoms with Crippen molar-refractivity contribution < 1.29 is 14.3 Å². The average molecular weight is 277 g/mol. The van der Waals surface area contributed by atoms with Crippen LogP contribution in [0, 0.1) is 0 Å². The predicted octanol–water partition coefficient (Wildman–Crippen LogP) is 2.42. The van der Waals surface area contributed by atoms with E-state index in [1.807, 2.05) is 30.3 Å². The van der Waals surface area contributed by atoms with Crippen molar-refractivity contribution in [3.63, 3.8) is 0 Å². The number of hydrogen-bond acceptors (Lipinski definition) is 3. The van der Waals surface area contributed by atoms with E-state index >= 15 is 0 Å². The summed E-state index contributed by atoms with van der Waals surface area (Å²) < 4.78 is 4.63. The number of benzene rings is 1. The molecule has 0 saturated carbocycles. The molecule has 0 heterocycles. The van der Waals surface area contributed by atoms with Crippen molar-refractivity contribution in [3.8, 4) is 0 Å². The summed E-state index contributed by atoms with van der Waals surface area (Å²) in [6, 6.07) is 9.66. The van der Waals surface area contributed by atoms with E-state index in [1.165, 1.54) is 7.11 Å². The lowest BCUT2D eigenvalue weighted by Gasteiger charge is -2.22. The molecule has 0 spiro atoms. The molecule has 0 fully saturated rings. The first-order chi connectivity index (χ1) is 9.67. The Morgan fingerprint density at radius 2 is 1.85 bits per heavy atom. The number of nitrogens with zero attached hydrogens (tertiary/aromatic N) is 1. The lowest BCUT2D eigenvalue weighted by Crippen LogP contribution is -2.35. The predicted molar refractivity (Wildman–Crippen MR) is 78.3 cm³/mol. The summed E-state index contributed by atoms with van der Waals surface area (Å²) in [7, 11) is 1.37. The van der Waals surface area contributed by atoms with Gasteiger partial charge in [0.15, 0.2) is 0 Å². The summed E-state index contributed by atoms with van der Waals surface area (Å²) in [5.41, 5.74) is 0.997. The van der Waals surface area contributed by atoms with Crippen LogP contribution in [0.5, 0.6) is 0 Å². The molecule has 0 atom stereocenters. The first-order valence-corrected chi connectivity index (χ1v) is 7.06. The molecule has 1 aromatic rings. The van der Waals surface area contributed by atoms with Crippen molar-refractivity contribution in [2.24, 2.45) is 0 Å². The van der Waals surface area contributed by atoms with Crippen LogP contribution in [0.25, 0.3) is 0 Å². The second-order valence-electron chi connectivity index (χ2n) is 4.72. The molecular weight excluding hydrogens is 254 g/mol. The Bertz CT molecular complexity index is 417. The summed E-state index contributed by atoms with van der Waals surface area (Å²) in [6.45, 7) is 3.21. The molecule has 0 aliphatic heterocycles. The minimum atomic E-state index is -0.279. The maximum atomic E-state index is 12.3. The number of carbonyl (C=O) groups excluding carboxylic acids is 2. The molecule has 0 N–H and O–H groups in total. The number of amides is 1. The summed E-state index contributed by atoms with van der Waals surface area (Å²) in [6.07, 6.45) is 2.60. The normalized spacial score (nSPS) is 10.1. The summed E-state index contributed by atoms with van der Waals surface area (Å²) in [5, 5.41) is 0. The van der Waals surface area contributed by atoms with Crippen LogP contribution in [0.3, 0.4) is 0 Å². The van der Waals surface area contributed by atoms with E-state index < -0.39 is 0 Å². The highest BCUT2D eigenvalue weighted by Crippen LogP contribution is 2.05. The molecule has 0 saturated heterocycles. The molecule has 0 aliphatic carbocycles. The van der Waals surface area contributed by atoms with Crippen LogP contribution in [-0.4, -0.2) is 37.0 Å². The third kappa shape index (κ3) is 5.87. The monoisotopic (exact) mass is 277 g/mol. The number of rotatable bonds is 8. The van der Waals surface area contributed by atoms with Gasteiger partial charge in [0, 0.05) is 13.1 Å². The Kier molecular flexibility index (Phi) is 7.40. The van der Waals surface area contributed by atoms with Crippen molar-refractivity contribution in [2.45, 2.75) is 32.6 Å². The lowest BCUT2D eigenvalue weighted by atomic mass is 10.1. The van der Waals surface area contributed by atoms with Crippen molar-refractivity contribution in [1.29, 1.82) is 0 Å². The van der Waals surface area contributed by atoms with E-state index in [9.17, 15) is 9.59 Å². The minimum absolute atomic E-state index is 0.0635. The maximum Gasteiger partial charge on any atom is 0.307 e. The SMILES string of the molecule is CCCCN(CCC(=O)OC)C(=O)Cc1ccccc1. The first-order valence-electron chi connectivity index (χ1n) is 7.06. The van der Waals surface area contributed by atoms with Gasteiger partial charge in [-0.25, -0.2) is 0 Å². The third-order valence-corrected chi connectivity index (χ3v) is 3.15. The molecule has 0 aliphatic rings. The second-order valence-corrected chi connectivity index (χ2v) is 4.72. The second kappa shape index (κ2) is 9.13. The van der Waals surface area contributed by atoms with Crippen LogP contribution in [0.2, 0.25) is 0 Å². The van der Waals surface area contributed by atoms with E-state index in [-0.39, 0.29) is 18.3 Å². The summed E-state index contributed by atoms with van der Waals surface area (Å²) in [5.74, 6) is -0.215. The van der Waals surface area contributed by atoms with Crippen LogP contribution in [0.15, 0.2) is 30.3 Å². The first kappa shape index (κ1) is 16.2. The lowest BCUT2D eigenvalue weighted by molar-refractivity contribution is -0.141. The van der Waals surface area contributed by atoms with Gasteiger partial charge in [0.05, 0.1) is 20.0 Å². The number of hydrogen-bond donors (Lipinski definition) is 0. The number of unbranched alkanes of at least 4 members (excludes halogenated alkanes) is 1. The van der Waals surface area contributed by atoms with Crippen molar-refractivity contribution in [3.05, 3.63) is 35.9 Å². The Balaban J connectivity index is 2.56. The zero-order valence-electron chi connectivity index (χ0n) is 12.3. The van der Waals surface area contributed by atoms with E-state index in [0.29, 0.717) is 19.5 Å². The smallest absolute Gasteiger partial charge is 0.307 e. The molecule has 4 nitrogen and oxygen atoms in total. The topological polar surface area (TPSA) is 46.6 Å². The molecule has 1 amide bonds. The molecule has 110 valence electrons. The van der Waals surface area contributed by atoms with Gasteiger partial charge in [0.2, 0.25) is 5.91 Å². The number of carbonyl (C=O) groups is 2. The average Bonchev–Trinajstić information content (AvgIpc) is 2.47. The maximum absolute atomic E-state index is 12.3. The van der Waals surface area contributed by atoms with Crippen LogP contribution < -0.4 is 0 Å². The van der Waals surface area contributed by atoms with Crippen molar-refractivity contribution in [1.82, 2.24) is 4.90 Å². The molecule has 1 aromatic carbocycles. The highest BCUT2D eigenvalue weighted by Gasteiger charge is 2.15. The third-order valence-electron chi connectivity index (χ3n) is 3.15. The van der Waals surface area contributed by atoms with Gasteiger partial charge in [-0.15, -0.1) is 0 Å². The Morgan fingerprint density at radius 3 is 2.45 bits per heavy atom. The van der Waals surface area contributed by atoms with E-state index in [2.05, 4.69) is 11.7 Å². The molecule has 1 rings (SSSR count). The van der Waals surface area contributed by atoms with Crippen molar-refractivity contribution >= 4 is 11.9 Å². The molecule has 0 aromatic heterocycles. The molecule has 0 unspecified atom stereocenters. The fourth-order valence-corrected chi connectivity index (χ4v) is 1.92. The summed E-state index contributed by atoms with van der Waals surface area (Å²) >= 11 is 0. The van der Waals surface area contributed by atoms with Crippen LogP contribution >= 0.6 is 0 Å². The van der Waals surface area contributed by atoms with E-state index in [4.69, 9.17) is 0 Å². The Hall–Kier alpha value is -1.84.